The Morgan fingerprint density at radius 2 is 2.22 bits per heavy atom. The number of hydrogen-bond donors (Lipinski definition) is 4. The number of nitrogen functional groups attached to an aromatic ring is 1. The zero-order chi connectivity index (χ0) is 16.8. The molecule has 0 spiro atoms. The fourth-order valence-electron chi connectivity index (χ4n) is 2.73. The van der Waals surface area contributed by atoms with Gasteiger partial charge in [-0.25, -0.2) is 9.97 Å². The Kier molecular flexibility index (Phi) is 3.69. The van der Waals surface area contributed by atoms with E-state index in [2.05, 4.69) is 26.8 Å². The summed E-state index contributed by atoms with van der Waals surface area (Å²) in [7, 11) is 0. The third kappa shape index (κ3) is 2.32. The lowest BCUT2D eigenvalue weighted by Crippen LogP contribution is -2.47. The second-order valence-corrected chi connectivity index (χ2v) is 5.43. The highest BCUT2D eigenvalue weighted by atomic mass is 16.6. The Balaban J connectivity index is 2.14. The van der Waals surface area contributed by atoms with E-state index in [-0.39, 0.29) is 5.95 Å². The van der Waals surface area contributed by atoms with E-state index in [4.69, 9.17) is 10.5 Å². The van der Waals surface area contributed by atoms with E-state index in [1.807, 2.05) is 0 Å². The van der Waals surface area contributed by atoms with Gasteiger partial charge >= 0.3 is 0 Å². The van der Waals surface area contributed by atoms with Crippen molar-refractivity contribution in [2.24, 2.45) is 0 Å². The summed E-state index contributed by atoms with van der Waals surface area (Å²) >= 11 is 0. The SMILES string of the molecule is CC#C[C@@]1(O)C(O)[C@@H]([C@H](C)O)O[C@H]1n1cnc2cnc(N)nc21. The molecule has 3 heterocycles. The van der Waals surface area contributed by atoms with Gasteiger partial charge in [0, 0.05) is 0 Å². The van der Waals surface area contributed by atoms with Crippen LogP contribution in [0.25, 0.3) is 11.2 Å². The number of nitrogens with zero attached hydrogens (tertiary/aromatic N) is 4. The number of aliphatic hydroxyl groups excluding tert-OH is 2. The van der Waals surface area contributed by atoms with E-state index in [9.17, 15) is 15.3 Å². The van der Waals surface area contributed by atoms with Crippen LogP contribution in [0.3, 0.4) is 0 Å². The summed E-state index contributed by atoms with van der Waals surface area (Å²) in [5, 5.41) is 31.0. The smallest absolute Gasteiger partial charge is 0.222 e. The molecule has 2 aromatic heterocycles. The topological polar surface area (TPSA) is 140 Å². The molecule has 0 radical (unpaired) electrons. The Hall–Kier alpha value is -2.25. The molecular weight excluding hydrogens is 302 g/mol. The summed E-state index contributed by atoms with van der Waals surface area (Å²) in [6.07, 6.45) is -1.70. The fraction of sp³-hybridized carbons (Fsp3) is 0.500. The largest absolute Gasteiger partial charge is 0.391 e. The molecule has 0 amide bonds. The summed E-state index contributed by atoms with van der Waals surface area (Å²) < 4.78 is 7.08. The molecule has 9 heteroatoms. The van der Waals surface area contributed by atoms with Crippen molar-refractivity contribution in [3.63, 3.8) is 0 Å². The van der Waals surface area contributed by atoms with Gasteiger partial charge in [-0.2, -0.15) is 4.98 Å². The van der Waals surface area contributed by atoms with Gasteiger partial charge in [-0.3, -0.25) is 4.57 Å². The molecule has 3 rings (SSSR count). The zero-order valence-electron chi connectivity index (χ0n) is 12.6. The van der Waals surface area contributed by atoms with E-state index in [1.54, 1.807) is 0 Å². The van der Waals surface area contributed by atoms with Crippen LogP contribution in [-0.4, -0.2) is 58.8 Å². The molecular formula is C14H17N5O4. The van der Waals surface area contributed by atoms with Crippen molar-refractivity contribution in [1.82, 2.24) is 19.5 Å². The first-order chi connectivity index (χ1) is 10.9. The molecule has 0 aliphatic carbocycles. The highest BCUT2D eigenvalue weighted by Gasteiger charge is 2.57. The van der Waals surface area contributed by atoms with Gasteiger partial charge in [-0.1, -0.05) is 5.92 Å². The van der Waals surface area contributed by atoms with Crippen LogP contribution in [0.1, 0.15) is 20.1 Å². The second-order valence-electron chi connectivity index (χ2n) is 5.43. The molecule has 1 aliphatic rings. The van der Waals surface area contributed by atoms with Gasteiger partial charge in [-0.05, 0) is 13.8 Å². The molecule has 9 nitrogen and oxygen atoms in total. The Labute approximate surface area is 131 Å². The highest BCUT2D eigenvalue weighted by Crippen LogP contribution is 2.40. The average molecular weight is 319 g/mol. The summed E-state index contributed by atoms with van der Waals surface area (Å²) in [4.78, 5) is 12.1. The van der Waals surface area contributed by atoms with Crippen molar-refractivity contribution < 1.29 is 20.1 Å². The number of fused-ring (bicyclic) bond motifs is 1. The van der Waals surface area contributed by atoms with Crippen LogP contribution in [0, 0.1) is 11.8 Å². The van der Waals surface area contributed by atoms with Gasteiger partial charge in [0.15, 0.2) is 17.5 Å². The zero-order valence-corrected chi connectivity index (χ0v) is 12.6. The van der Waals surface area contributed by atoms with Gasteiger partial charge in [0.25, 0.3) is 0 Å². The van der Waals surface area contributed by atoms with E-state index in [0.717, 1.165) is 0 Å². The van der Waals surface area contributed by atoms with Gasteiger partial charge < -0.3 is 25.8 Å². The van der Waals surface area contributed by atoms with Crippen LogP contribution in [0.5, 0.6) is 0 Å². The van der Waals surface area contributed by atoms with Crippen molar-refractivity contribution in [3.8, 4) is 11.8 Å². The van der Waals surface area contributed by atoms with E-state index in [1.165, 1.54) is 30.9 Å². The minimum Gasteiger partial charge on any atom is -0.391 e. The number of aromatic nitrogens is 4. The van der Waals surface area contributed by atoms with Crippen LogP contribution in [0.4, 0.5) is 5.95 Å². The number of nitrogens with two attached hydrogens (primary N) is 1. The molecule has 0 saturated carbocycles. The number of aliphatic hydroxyl groups is 3. The normalized spacial score (nSPS) is 31.8. The fourth-order valence-corrected chi connectivity index (χ4v) is 2.73. The maximum Gasteiger partial charge on any atom is 0.222 e. The summed E-state index contributed by atoms with van der Waals surface area (Å²) in [5.74, 6) is 5.18. The predicted molar refractivity (Wildman–Crippen MR) is 79.7 cm³/mol. The van der Waals surface area contributed by atoms with Gasteiger partial charge in [0.2, 0.25) is 5.95 Å². The molecule has 5 atom stereocenters. The molecule has 5 N–H and O–H groups in total. The summed E-state index contributed by atoms with van der Waals surface area (Å²) in [5.41, 5.74) is 4.45. The van der Waals surface area contributed by atoms with E-state index in [0.29, 0.717) is 11.2 Å². The van der Waals surface area contributed by atoms with E-state index < -0.39 is 30.1 Å². The molecule has 2 aromatic rings. The minimum absolute atomic E-state index is 0.0370. The van der Waals surface area contributed by atoms with Gasteiger partial charge in [-0.15, -0.1) is 5.92 Å². The van der Waals surface area contributed by atoms with Crippen LogP contribution in [-0.2, 0) is 4.74 Å². The second kappa shape index (κ2) is 5.43. The summed E-state index contributed by atoms with van der Waals surface area (Å²) in [6.45, 7) is 2.99. The Morgan fingerprint density at radius 3 is 2.87 bits per heavy atom. The summed E-state index contributed by atoms with van der Waals surface area (Å²) in [6, 6.07) is 0. The van der Waals surface area contributed by atoms with Crippen LogP contribution in [0.15, 0.2) is 12.5 Å². The standard InChI is InChI=1S/C14H17N5O4/c1-3-4-14(22)10(21)9(7(2)20)23-12(14)19-6-17-8-5-16-13(15)18-11(8)19/h5-7,9-10,12,20-22H,1-2H3,(H2,15,16,18)/t7-,9+,10?,12+,14+/m0/s1. The van der Waals surface area contributed by atoms with Crippen LogP contribution in [0.2, 0.25) is 0 Å². The average Bonchev–Trinajstić information content (AvgIpc) is 3.00. The van der Waals surface area contributed by atoms with Crippen molar-refractivity contribution in [2.75, 3.05) is 5.73 Å². The van der Waals surface area contributed by atoms with Gasteiger partial charge in [0.05, 0.1) is 18.6 Å². The van der Waals surface area contributed by atoms with Gasteiger partial charge in [0.1, 0.15) is 17.7 Å². The highest BCUT2D eigenvalue weighted by molar-refractivity contribution is 5.70. The lowest BCUT2D eigenvalue weighted by atomic mass is 9.93. The van der Waals surface area contributed by atoms with Crippen molar-refractivity contribution in [1.29, 1.82) is 0 Å². The van der Waals surface area contributed by atoms with E-state index >= 15 is 0 Å². The lowest BCUT2D eigenvalue weighted by molar-refractivity contribution is -0.0847. The van der Waals surface area contributed by atoms with Crippen LogP contribution < -0.4 is 5.73 Å². The monoisotopic (exact) mass is 319 g/mol. The first kappa shape index (κ1) is 15.6. The quantitative estimate of drug-likeness (QED) is 0.506. The number of ether oxygens (including phenoxy) is 1. The molecule has 0 aromatic carbocycles. The van der Waals surface area contributed by atoms with Crippen molar-refractivity contribution in [3.05, 3.63) is 12.5 Å². The molecule has 1 aliphatic heterocycles. The Morgan fingerprint density at radius 1 is 1.48 bits per heavy atom. The maximum atomic E-state index is 10.9. The predicted octanol–water partition coefficient (Wildman–Crippen LogP) is -1.20. The molecule has 1 fully saturated rings. The maximum absolute atomic E-state index is 10.9. The Bertz CT molecular complexity index is 795. The third-order valence-corrected chi connectivity index (χ3v) is 3.81. The molecule has 0 bridgehead atoms. The number of hydrogen-bond acceptors (Lipinski definition) is 8. The first-order valence-corrected chi connectivity index (χ1v) is 7.01. The lowest BCUT2D eigenvalue weighted by Gasteiger charge is -2.26. The molecule has 122 valence electrons. The molecule has 1 saturated heterocycles. The molecule has 23 heavy (non-hydrogen) atoms. The third-order valence-electron chi connectivity index (χ3n) is 3.81. The number of rotatable bonds is 2. The molecule has 1 unspecified atom stereocenters. The van der Waals surface area contributed by atoms with Crippen molar-refractivity contribution >= 4 is 17.1 Å². The first-order valence-electron chi connectivity index (χ1n) is 7.01. The van der Waals surface area contributed by atoms with Crippen molar-refractivity contribution in [2.45, 2.75) is 44.0 Å². The van der Waals surface area contributed by atoms with Crippen LogP contribution >= 0.6 is 0 Å². The number of anilines is 1. The minimum atomic E-state index is -1.93. The number of imidazole rings is 1.